The van der Waals surface area contributed by atoms with E-state index in [1.54, 1.807) is 18.4 Å². The summed E-state index contributed by atoms with van der Waals surface area (Å²) in [5.74, 6) is -0.656. The van der Waals surface area contributed by atoms with Crippen LogP contribution in [0.5, 0.6) is 5.75 Å². The van der Waals surface area contributed by atoms with Crippen molar-refractivity contribution in [1.29, 1.82) is 0 Å². The molecule has 1 aromatic heterocycles. The highest BCUT2D eigenvalue weighted by molar-refractivity contribution is 7.08. The smallest absolute Gasteiger partial charge is 0.252 e. The van der Waals surface area contributed by atoms with E-state index >= 15 is 0 Å². The Kier molecular flexibility index (Phi) is 6.10. The summed E-state index contributed by atoms with van der Waals surface area (Å²) in [5.41, 5.74) is 0.981. The summed E-state index contributed by atoms with van der Waals surface area (Å²) in [5, 5.41) is 8.87. The van der Waals surface area contributed by atoms with Crippen molar-refractivity contribution < 1.29 is 18.7 Å². The zero-order valence-corrected chi connectivity index (χ0v) is 13.4. The molecule has 0 saturated carbocycles. The van der Waals surface area contributed by atoms with E-state index in [-0.39, 0.29) is 30.5 Å². The van der Waals surface area contributed by atoms with E-state index in [4.69, 9.17) is 4.74 Å². The van der Waals surface area contributed by atoms with Crippen LogP contribution >= 0.6 is 11.3 Å². The first kappa shape index (κ1) is 17.0. The minimum atomic E-state index is -0.436. The van der Waals surface area contributed by atoms with Crippen molar-refractivity contribution in [3.8, 4) is 5.75 Å². The van der Waals surface area contributed by atoms with E-state index in [9.17, 15) is 14.0 Å². The Hall–Kier alpha value is -2.41. The number of hydrogen-bond acceptors (Lipinski definition) is 4. The Bertz CT molecular complexity index is 674. The number of nitrogens with one attached hydrogen (secondary N) is 2. The lowest BCUT2D eigenvalue weighted by Gasteiger charge is -2.11. The van der Waals surface area contributed by atoms with Crippen LogP contribution in [0, 0.1) is 5.82 Å². The second-order valence-electron chi connectivity index (χ2n) is 4.64. The van der Waals surface area contributed by atoms with E-state index in [2.05, 4.69) is 10.6 Å². The molecule has 5 nitrogen and oxygen atoms in total. The molecule has 0 aliphatic carbocycles. The number of rotatable bonds is 7. The van der Waals surface area contributed by atoms with Gasteiger partial charge in [-0.15, -0.1) is 0 Å². The van der Waals surface area contributed by atoms with Gasteiger partial charge in [-0.05, 0) is 30.5 Å². The molecule has 0 fully saturated rings. The number of amides is 2. The maximum atomic E-state index is 13.2. The third-order valence-electron chi connectivity index (χ3n) is 2.94. The van der Waals surface area contributed by atoms with Crippen molar-refractivity contribution >= 4 is 28.8 Å². The summed E-state index contributed by atoms with van der Waals surface area (Å²) in [6, 6.07) is 5.63. The molecule has 1 heterocycles. The fraction of sp³-hybridized carbons (Fsp3) is 0.250. The standard InChI is InChI=1S/C16H17FN2O3S/c1-2-22-14-9-12(17)3-4-13(14)19-15(20)5-7-18-16(21)11-6-8-23-10-11/h3-4,6,8-10H,2,5,7H2,1H3,(H,18,21)(H,19,20). The molecule has 23 heavy (non-hydrogen) atoms. The molecular formula is C16H17FN2O3S. The van der Waals surface area contributed by atoms with Crippen LogP contribution in [0.15, 0.2) is 35.0 Å². The maximum absolute atomic E-state index is 13.2. The zero-order chi connectivity index (χ0) is 16.7. The molecule has 122 valence electrons. The summed E-state index contributed by atoms with van der Waals surface area (Å²) < 4.78 is 18.5. The topological polar surface area (TPSA) is 67.4 Å². The van der Waals surface area contributed by atoms with Crippen molar-refractivity contribution in [2.24, 2.45) is 0 Å². The fourth-order valence-electron chi connectivity index (χ4n) is 1.87. The van der Waals surface area contributed by atoms with E-state index in [1.807, 2.05) is 5.38 Å². The first-order chi connectivity index (χ1) is 11.1. The third kappa shape index (κ3) is 5.07. The van der Waals surface area contributed by atoms with Gasteiger partial charge in [-0.2, -0.15) is 11.3 Å². The molecule has 7 heteroatoms. The van der Waals surface area contributed by atoms with E-state index in [0.29, 0.717) is 17.9 Å². The van der Waals surface area contributed by atoms with Gasteiger partial charge in [-0.1, -0.05) is 0 Å². The number of anilines is 1. The summed E-state index contributed by atoms with van der Waals surface area (Å²) in [4.78, 5) is 23.6. The Morgan fingerprint density at radius 3 is 2.83 bits per heavy atom. The number of halogens is 1. The maximum Gasteiger partial charge on any atom is 0.252 e. The molecular weight excluding hydrogens is 319 g/mol. The first-order valence-electron chi connectivity index (χ1n) is 7.12. The van der Waals surface area contributed by atoms with Gasteiger partial charge < -0.3 is 15.4 Å². The molecule has 2 amide bonds. The van der Waals surface area contributed by atoms with Crippen LogP contribution in [0.1, 0.15) is 23.7 Å². The van der Waals surface area contributed by atoms with Gasteiger partial charge >= 0.3 is 0 Å². The highest BCUT2D eigenvalue weighted by Gasteiger charge is 2.10. The minimum Gasteiger partial charge on any atom is -0.492 e. The number of thiophene rings is 1. The highest BCUT2D eigenvalue weighted by atomic mass is 32.1. The number of hydrogen-bond donors (Lipinski definition) is 2. The van der Waals surface area contributed by atoms with Gasteiger partial charge in [0.1, 0.15) is 11.6 Å². The van der Waals surface area contributed by atoms with Crippen molar-refractivity contribution in [3.63, 3.8) is 0 Å². The van der Waals surface area contributed by atoms with Gasteiger partial charge in [0.25, 0.3) is 5.91 Å². The summed E-state index contributed by atoms with van der Waals surface area (Å²) in [7, 11) is 0. The Balaban J connectivity index is 1.84. The van der Waals surface area contributed by atoms with Crippen LogP contribution in [0.2, 0.25) is 0 Å². The molecule has 1 aromatic carbocycles. The van der Waals surface area contributed by atoms with Crippen molar-refractivity contribution in [1.82, 2.24) is 5.32 Å². The fourth-order valence-corrected chi connectivity index (χ4v) is 2.51. The average molecular weight is 336 g/mol. The molecule has 0 unspecified atom stereocenters. The highest BCUT2D eigenvalue weighted by Crippen LogP contribution is 2.25. The number of benzene rings is 1. The molecule has 0 saturated heterocycles. The lowest BCUT2D eigenvalue weighted by molar-refractivity contribution is -0.116. The number of carbonyl (C=O) groups is 2. The largest absolute Gasteiger partial charge is 0.492 e. The van der Waals surface area contributed by atoms with Crippen LogP contribution in [0.25, 0.3) is 0 Å². The lowest BCUT2D eigenvalue weighted by Crippen LogP contribution is -2.27. The van der Waals surface area contributed by atoms with E-state index in [1.165, 1.54) is 29.5 Å². The monoisotopic (exact) mass is 336 g/mol. The molecule has 2 N–H and O–H groups in total. The zero-order valence-electron chi connectivity index (χ0n) is 12.6. The Morgan fingerprint density at radius 1 is 1.30 bits per heavy atom. The van der Waals surface area contributed by atoms with Crippen molar-refractivity contribution in [2.75, 3.05) is 18.5 Å². The van der Waals surface area contributed by atoms with E-state index in [0.717, 1.165) is 0 Å². The summed E-state index contributed by atoms with van der Waals surface area (Å²) in [6.07, 6.45) is 0.110. The van der Waals surface area contributed by atoms with Gasteiger partial charge in [0.05, 0.1) is 12.3 Å². The SMILES string of the molecule is CCOc1cc(F)ccc1NC(=O)CCNC(=O)c1ccsc1. The first-order valence-corrected chi connectivity index (χ1v) is 8.07. The van der Waals surface area contributed by atoms with Gasteiger partial charge in [-0.3, -0.25) is 9.59 Å². The van der Waals surface area contributed by atoms with Gasteiger partial charge in [-0.25, -0.2) is 4.39 Å². The summed E-state index contributed by atoms with van der Waals surface area (Å²) in [6.45, 7) is 2.35. The van der Waals surface area contributed by atoms with Crippen LogP contribution < -0.4 is 15.4 Å². The Morgan fingerprint density at radius 2 is 2.13 bits per heavy atom. The van der Waals surface area contributed by atoms with Gasteiger partial charge in [0.2, 0.25) is 5.91 Å². The molecule has 0 spiro atoms. The van der Waals surface area contributed by atoms with Crippen molar-refractivity contribution in [2.45, 2.75) is 13.3 Å². The number of ether oxygens (including phenoxy) is 1. The quantitative estimate of drug-likeness (QED) is 0.817. The van der Waals surface area contributed by atoms with Gasteiger partial charge in [0, 0.05) is 30.0 Å². The van der Waals surface area contributed by atoms with Crippen LogP contribution in [0.3, 0.4) is 0 Å². The molecule has 0 radical (unpaired) electrons. The normalized spacial score (nSPS) is 10.2. The lowest BCUT2D eigenvalue weighted by atomic mass is 10.2. The van der Waals surface area contributed by atoms with Crippen LogP contribution in [-0.2, 0) is 4.79 Å². The average Bonchev–Trinajstić information content (AvgIpc) is 3.04. The van der Waals surface area contributed by atoms with Crippen LogP contribution in [0.4, 0.5) is 10.1 Å². The van der Waals surface area contributed by atoms with Crippen LogP contribution in [-0.4, -0.2) is 25.0 Å². The van der Waals surface area contributed by atoms with Gasteiger partial charge in [0.15, 0.2) is 0 Å². The predicted molar refractivity (Wildman–Crippen MR) is 87.5 cm³/mol. The molecule has 2 aromatic rings. The molecule has 0 atom stereocenters. The summed E-state index contributed by atoms with van der Waals surface area (Å²) >= 11 is 1.43. The molecule has 2 rings (SSSR count). The third-order valence-corrected chi connectivity index (χ3v) is 3.62. The van der Waals surface area contributed by atoms with E-state index < -0.39 is 5.82 Å². The number of carbonyl (C=O) groups excluding carboxylic acids is 2. The second-order valence-corrected chi connectivity index (χ2v) is 5.42. The van der Waals surface area contributed by atoms with Crippen molar-refractivity contribution in [3.05, 3.63) is 46.4 Å². The molecule has 0 aliphatic heterocycles. The molecule has 0 aliphatic rings. The Labute approximate surface area is 137 Å². The second kappa shape index (κ2) is 8.28. The molecule has 0 bridgehead atoms. The minimum absolute atomic E-state index is 0.110. The predicted octanol–water partition coefficient (Wildman–Crippen LogP) is 3.04.